The number of carbonyl (C=O) groups is 1. The van der Waals surface area contributed by atoms with Crippen molar-refractivity contribution >= 4 is 5.97 Å². The van der Waals surface area contributed by atoms with E-state index in [1.165, 1.54) is 19.2 Å². The van der Waals surface area contributed by atoms with Gasteiger partial charge in [0.05, 0.1) is 7.11 Å². The third-order valence-corrected chi connectivity index (χ3v) is 1.69. The van der Waals surface area contributed by atoms with Gasteiger partial charge in [-0.25, -0.2) is 4.79 Å². The maximum atomic E-state index is 11.1. The molecule has 0 aromatic heterocycles. The van der Waals surface area contributed by atoms with Gasteiger partial charge in [-0.1, -0.05) is 18.2 Å². The van der Waals surface area contributed by atoms with Crippen molar-refractivity contribution in [3.63, 3.8) is 0 Å². The van der Waals surface area contributed by atoms with Crippen molar-refractivity contribution in [2.24, 2.45) is 5.73 Å². The quantitative estimate of drug-likeness (QED) is 0.544. The van der Waals surface area contributed by atoms with E-state index in [1.54, 1.807) is 12.1 Å². The highest BCUT2D eigenvalue weighted by Crippen LogP contribution is 2.22. The zero-order chi connectivity index (χ0) is 10.6. The largest absolute Gasteiger partial charge is 0.508 e. The smallest absolute Gasteiger partial charge is 0.363 e. The summed E-state index contributed by atoms with van der Waals surface area (Å²) in [6.45, 7) is 0. The monoisotopic (exact) mass is 197 g/mol. The van der Waals surface area contributed by atoms with E-state index >= 15 is 0 Å². The van der Waals surface area contributed by atoms with Crippen LogP contribution in [-0.2, 0) is 14.6 Å². The predicted molar refractivity (Wildman–Crippen MR) is 48.1 cm³/mol. The molecule has 0 radical (unpaired) electrons. The summed E-state index contributed by atoms with van der Waals surface area (Å²) < 4.78 is 0. The standard InChI is InChI=1S/C9H11NO4/c1-13-14-9(12)8(10)6-4-2-3-5-7(6)11/h2-5,8,11H,10H2,1H3. The molecule has 0 fully saturated rings. The van der Waals surface area contributed by atoms with Gasteiger partial charge in [0.1, 0.15) is 11.8 Å². The molecule has 0 aliphatic rings. The van der Waals surface area contributed by atoms with Crippen LogP contribution in [-0.4, -0.2) is 18.2 Å². The Hall–Kier alpha value is -1.59. The maximum absolute atomic E-state index is 11.1. The number of para-hydroxylation sites is 1. The predicted octanol–water partition coefficient (Wildman–Crippen LogP) is 0.497. The first-order chi connectivity index (χ1) is 6.66. The van der Waals surface area contributed by atoms with Crippen molar-refractivity contribution in [3.8, 4) is 5.75 Å². The number of carbonyl (C=O) groups excluding carboxylic acids is 1. The summed E-state index contributed by atoms with van der Waals surface area (Å²) in [4.78, 5) is 19.5. The van der Waals surface area contributed by atoms with Gasteiger partial charge in [-0.15, -0.1) is 0 Å². The lowest BCUT2D eigenvalue weighted by Gasteiger charge is -2.10. The third-order valence-electron chi connectivity index (χ3n) is 1.69. The number of rotatable bonds is 3. The minimum absolute atomic E-state index is 0.0481. The molecular formula is C9H11NO4. The van der Waals surface area contributed by atoms with E-state index < -0.39 is 12.0 Å². The zero-order valence-corrected chi connectivity index (χ0v) is 7.64. The van der Waals surface area contributed by atoms with Crippen LogP contribution in [0.5, 0.6) is 5.75 Å². The molecule has 0 spiro atoms. The van der Waals surface area contributed by atoms with Crippen LogP contribution in [0.1, 0.15) is 11.6 Å². The Morgan fingerprint density at radius 2 is 2.14 bits per heavy atom. The number of phenolic OH excluding ortho intramolecular Hbond substituents is 1. The molecule has 0 saturated carbocycles. The summed E-state index contributed by atoms with van der Waals surface area (Å²) in [7, 11) is 1.20. The maximum Gasteiger partial charge on any atom is 0.363 e. The van der Waals surface area contributed by atoms with Crippen molar-refractivity contribution in [2.75, 3.05) is 7.11 Å². The Labute approximate surface area is 81.0 Å². The molecule has 3 N–H and O–H groups in total. The Morgan fingerprint density at radius 3 is 2.71 bits per heavy atom. The van der Waals surface area contributed by atoms with Crippen LogP contribution >= 0.6 is 0 Å². The lowest BCUT2D eigenvalue weighted by atomic mass is 10.1. The number of hydrogen-bond acceptors (Lipinski definition) is 5. The Balaban J connectivity index is 2.84. The molecule has 0 saturated heterocycles. The molecule has 1 aromatic rings. The first-order valence-electron chi connectivity index (χ1n) is 3.94. The van der Waals surface area contributed by atoms with E-state index in [0.29, 0.717) is 5.56 Å². The first kappa shape index (κ1) is 10.5. The summed E-state index contributed by atoms with van der Waals surface area (Å²) in [5, 5.41) is 9.37. The van der Waals surface area contributed by atoms with E-state index in [-0.39, 0.29) is 5.75 Å². The van der Waals surface area contributed by atoms with Gasteiger partial charge in [0.25, 0.3) is 0 Å². The van der Waals surface area contributed by atoms with Gasteiger partial charge in [0.2, 0.25) is 0 Å². The van der Waals surface area contributed by atoms with Crippen molar-refractivity contribution < 1.29 is 19.7 Å². The Kier molecular flexibility index (Phi) is 3.44. The van der Waals surface area contributed by atoms with Gasteiger partial charge in [-0.2, -0.15) is 4.89 Å². The van der Waals surface area contributed by atoms with E-state index in [2.05, 4.69) is 9.78 Å². The SMILES string of the molecule is COOC(=O)C(N)c1ccccc1O. The number of benzene rings is 1. The van der Waals surface area contributed by atoms with Crippen LogP contribution in [0.4, 0.5) is 0 Å². The van der Waals surface area contributed by atoms with E-state index in [4.69, 9.17) is 5.73 Å². The van der Waals surface area contributed by atoms with Gasteiger partial charge in [0, 0.05) is 5.56 Å². The fourth-order valence-corrected chi connectivity index (χ4v) is 1.01. The summed E-state index contributed by atoms with van der Waals surface area (Å²) >= 11 is 0. The van der Waals surface area contributed by atoms with Gasteiger partial charge in [0.15, 0.2) is 0 Å². The van der Waals surface area contributed by atoms with Gasteiger partial charge >= 0.3 is 5.97 Å². The second-order valence-electron chi connectivity index (χ2n) is 2.61. The van der Waals surface area contributed by atoms with Crippen LogP contribution in [0, 0.1) is 0 Å². The van der Waals surface area contributed by atoms with Gasteiger partial charge in [-0.05, 0) is 6.07 Å². The second-order valence-corrected chi connectivity index (χ2v) is 2.61. The molecule has 5 heteroatoms. The number of nitrogens with two attached hydrogens (primary N) is 1. The highest BCUT2D eigenvalue weighted by Gasteiger charge is 2.20. The number of hydrogen-bond donors (Lipinski definition) is 2. The highest BCUT2D eigenvalue weighted by molar-refractivity contribution is 5.77. The number of aromatic hydroxyl groups is 1. The molecule has 1 aromatic carbocycles. The highest BCUT2D eigenvalue weighted by atomic mass is 17.2. The minimum atomic E-state index is -1.05. The fraction of sp³-hybridized carbons (Fsp3) is 0.222. The molecule has 0 bridgehead atoms. The van der Waals surface area contributed by atoms with Crippen LogP contribution in [0.15, 0.2) is 24.3 Å². The lowest BCUT2D eigenvalue weighted by Crippen LogP contribution is -2.23. The van der Waals surface area contributed by atoms with Gasteiger partial charge < -0.3 is 10.8 Å². The van der Waals surface area contributed by atoms with Crippen LogP contribution in [0.2, 0.25) is 0 Å². The average Bonchev–Trinajstić information content (AvgIpc) is 2.18. The molecule has 0 aliphatic heterocycles. The molecule has 14 heavy (non-hydrogen) atoms. The summed E-state index contributed by atoms with van der Waals surface area (Å²) in [6.07, 6.45) is 0. The normalized spacial score (nSPS) is 12.1. The third kappa shape index (κ3) is 2.21. The van der Waals surface area contributed by atoms with Crippen molar-refractivity contribution in [1.29, 1.82) is 0 Å². The lowest BCUT2D eigenvalue weighted by molar-refractivity contribution is -0.256. The Bertz CT molecular complexity index is 326. The molecule has 0 heterocycles. The molecule has 0 aliphatic carbocycles. The summed E-state index contributed by atoms with van der Waals surface area (Å²) in [5.74, 6) is -0.804. The average molecular weight is 197 g/mol. The topological polar surface area (TPSA) is 81.8 Å². The fourth-order valence-electron chi connectivity index (χ4n) is 1.01. The second kappa shape index (κ2) is 4.59. The number of phenols is 1. The molecule has 1 atom stereocenters. The first-order valence-corrected chi connectivity index (χ1v) is 3.94. The van der Waals surface area contributed by atoms with Crippen LogP contribution in [0.3, 0.4) is 0 Å². The minimum Gasteiger partial charge on any atom is -0.508 e. The van der Waals surface area contributed by atoms with E-state index in [0.717, 1.165) is 0 Å². The molecule has 1 rings (SSSR count). The van der Waals surface area contributed by atoms with Crippen LogP contribution in [0.25, 0.3) is 0 Å². The Morgan fingerprint density at radius 1 is 1.50 bits per heavy atom. The van der Waals surface area contributed by atoms with Crippen LogP contribution < -0.4 is 5.73 Å². The molecular weight excluding hydrogens is 186 g/mol. The summed E-state index contributed by atoms with van der Waals surface area (Å²) in [6, 6.07) is 5.23. The molecule has 1 unspecified atom stereocenters. The molecule has 0 amide bonds. The van der Waals surface area contributed by atoms with E-state index in [1.807, 2.05) is 0 Å². The van der Waals surface area contributed by atoms with E-state index in [9.17, 15) is 9.90 Å². The van der Waals surface area contributed by atoms with Crippen molar-refractivity contribution in [2.45, 2.75) is 6.04 Å². The summed E-state index contributed by atoms with van der Waals surface area (Å²) in [5.41, 5.74) is 5.81. The van der Waals surface area contributed by atoms with Gasteiger partial charge in [-0.3, -0.25) is 4.89 Å². The van der Waals surface area contributed by atoms with Crippen molar-refractivity contribution in [1.82, 2.24) is 0 Å². The zero-order valence-electron chi connectivity index (χ0n) is 7.64. The van der Waals surface area contributed by atoms with Crippen molar-refractivity contribution in [3.05, 3.63) is 29.8 Å². The molecule has 76 valence electrons. The molecule has 5 nitrogen and oxygen atoms in total.